The van der Waals surface area contributed by atoms with E-state index in [9.17, 15) is 17.6 Å². The molecule has 0 saturated carbocycles. The van der Waals surface area contributed by atoms with Crippen molar-refractivity contribution in [3.63, 3.8) is 0 Å². The number of ether oxygens (including phenoxy) is 1. The van der Waals surface area contributed by atoms with Crippen LogP contribution < -0.4 is 10.1 Å². The van der Waals surface area contributed by atoms with E-state index in [4.69, 9.17) is 4.74 Å². The standard InChI is InChI=1S/C20H25FN2O4S/c1-15(2)23(3)28(25,26)17-9-6-8-16(14-17)20(24)22-12-7-13-27-19-11-5-4-10-18(19)21/h4-6,8-11,14-15H,7,12-13H2,1-3H3,(H,22,24). The quantitative estimate of drug-likeness (QED) is 0.647. The number of carbonyl (C=O) groups excluding carboxylic acids is 1. The second-order valence-electron chi connectivity index (χ2n) is 6.53. The third-order valence-corrected chi connectivity index (χ3v) is 6.23. The van der Waals surface area contributed by atoms with Gasteiger partial charge in [-0.2, -0.15) is 4.31 Å². The van der Waals surface area contributed by atoms with E-state index in [1.807, 2.05) is 0 Å². The van der Waals surface area contributed by atoms with Crippen molar-refractivity contribution in [2.24, 2.45) is 0 Å². The molecular weight excluding hydrogens is 383 g/mol. The first-order valence-electron chi connectivity index (χ1n) is 8.97. The molecule has 0 aliphatic rings. The summed E-state index contributed by atoms with van der Waals surface area (Å²) in [6, 6.07) is 11.8. The number of hydrogen-bond donors (Lipinski definition) is 1. The Bertz CT molecular complexity index is 916. The molecule has 1 amide bonds. The summed E-state index contributed by atoms with van der Waals surface area (Å²) in [5.41, 5.74) is 0.258. The van der Waals surface area contributed by atoms with Crippen LogP contribution in [-0.2, 0) is 10.0 Å². The Balaban J connectivity index is 1.90. The normalized spacial score (nSPS) is 11.6. The molecule has 0 atom stereocenters. The number of para-hydroxylation sites is 1. The third kappa shape index (κ3) is 5.53. The number of nitrogens with one attached hydrogen (secondary N) is 1. The molecule has 8 heteroatoms. The van der Waals surface area contributed by atoms with Gasteiger partial charge in [-0.15, -0.1) is 0 Å². The van der Waals surface area contributed by atoms with Gasteiger partial charge in [-0.1, -0.05) is 18.2 Å². The highest BCUT2D eigenvalue weighted by Crippen LogP contribution is 2.18. The molecule has 28 heavy (non-hydrogen) atoms. The first kappa shape index (κ1) is 21.8. The Morgan fingerprint density at radius 3 is 2.57 bits per heavy atom. The van der Waals surface area contributed by atoms with E-state index in [0.717, 1.165) is 0 Å². The number of sulfonamides is 1. The molecule has 0 aromatic heterocycles. The van der Waals surface area contributed by atoms with Crippen molar-refractivity contribution in [1.29, 1.82) is 0 Å². The fourth-order valence-electron chi connectivity index (χ4n) is 2.36. The van der Waals surface area contributed by atoms with Crippen LogP contribution in [0, 0.1) is 5.82 Å². The first-order chi connectivity index (χ1) is 13.2. The van der Waals surface area contributed by atoms with Crippen LogP contribution in [0.2, 0.25) is 0 Å². The molecule has 0 aliphatic carbocycles. The van der Waals surface area contributed by atoms with Crippen molar-refractivity contribution in [3.8, 4) is 5.75 Å². The van der Waals surface area contributed by atoms with Crippen LogP contribution in [0.5, 0.6) is 5.75 Å². The summed E-state index contributed by atoms with van der Waals surface area (Å²) in [5, 5.41) is 2.71. The van der Waals surface area contributed by atoms with Crippen molar-refractivity contribution in [2.75, 3.05) is 20.2 Å². The second kappa shape index (κ2) is 9.66. The number of amides is 1. The molecule has 0 saturated heterocycles. The van der Waals surface area contributed by atoms with Gasteiger partial charge in [-0.25, -0.2) is 12.8 Å². The zero-order valence-electron chi connectivity index (χ0n) is 16.2. The van der Waals surface area contributed by atoms with E-state index in [1.54, 1.807) is 32.0 Å². The maximum Gasteiger partial charge on any atom is 0.251 e. The Morgan fingerprint density at radius 2 is 1.89 bits per heavy atom. The molecule has 2 rings (SSSR count). The van der Waals surface area contributed by atoms with Gasteiger partial charge in [0.25, 0.3) is 5.91 Å². The monoisotopic (exact) mass is 408 g/mol. The number of carbonyl (C=O) groups is 1. The average Bonchev–Trinajstić information content (AvgIpc) is 2.68. The molecule has 0 heterocycles. The van der Waals surface area contributed by atoms with Crippen molar-refractivity contribution in [2.45, 2.75) is 31.2 Å². The summed E-state index contributed by atoms with van der Waals surface area (Å²) in [6.45, 7) is 4.11. The van der Waals surface area contributed by atoms with Gasteiger partial charge in [-0.05, 0) is 50.6 Å². The molecule has 152 valence electrons. The maximum absolute atomic E-state index is 13.4. The highest BCUT2D eigenvalue weighted by molar-refractivity contribution is 7.89. The van der Waals surface area contributed by atoms with Gasteiger partial charge in [0.1, 0.15) is 0 Å². The van der Waals surface area contributed by atoms with Crippen molar-refractivity contribution in [1.82, 2.24) is 9.62 Å². The summed E-state index contributed by atoms with van der Waals surface area (Å²) < 4.78 is 45.1. The molecule has 0 aliphatic heterocycles. The Morgan fingerprint density at radius 1 is 1.18 bits per heavy atom. The molecule has 0 unspecified atom stereocenters. The molecule has 0 radical (unpaired) electrons. The predicted octanol–water partition coefficient (Wildman–Crippen LogP) is 3.05. The van der Waals surface area contributed by atoms with E-state index in [-0.39, 0.29) is 34.8 Å². The predicted molar refractivity (Wildman–Crippen MR) is 105 cm³/mol. The summed E-state index contributed by atoms with van der Waals surface area (Å²) in [6.07, 6.45) is 0.480. The van der Waals surface area contributed by atoms with E-state index < -0.39 is 15.8 Å². The second-order valence-corrected chi connectivity index (χ2v) is 8.53. The van der Waals surface area contributed by atoms with Crippen LogP contribution in [0.3, 0.4) is 0 Å². The lowest BCUT2D eigenvalue weighted by atomic mass is 10.2. The van der Waals surface area contributed by atoms with Crippen molar-refractivity contribution >= 4 is 15.9 Å². The van der Waals surface area contributed by atoms with Crippen LogP contribution in [0.4, 0.5) is 4.39 Å². The number of rotatable bonds is 9. The largest absolute Gasteiger partial charge is 0.490 e. The van der Waals surface area contributed by atoms with E-state index in [1.165, 1.54) is 41.7 Å². The Labute approximate surface area is 165 Å². The zero-order chi connectivity index (χ0) is 20.7. The molecule has 1 N–H and O–H groups in total. The van der Waals surface area contributed by atoms with Gasteiger partial charge in [0.2, 0.25) is 10.0 Å². The van der Waals surface area contributed by atoms with Gasteiger partial charge in [0.15, 0.2) is 11.6 Å². The minimum absolute atomic E-state index is 0.0687. The van der Waals surface area contributed by atoms with Gasteiger partial charge < -0.3 is 10.1 Å². The zero-order valence-corrected chi connectivity index (χ0v) is 17.0. The Hall–Kier alpha value is -2.45. The van der Waals surface area contributed by atoms with Crippen molar-refractivity contribution in [3.05, 3.63) is 59.9 Å². The van der Waals surface area contributed by atoms with E-state index >= 15 is 0 Å². The number of hydrogen-bond acceptors (Lipinski definition) is 4. The smallest absolute Gasteiger partial charge is 0.251 e. The minimum Gasteiger partial charge on any atom is -0.490 e. The minimum atomic E-state index is -3.66. The molecule has 6 nitrogen and oxygen atoms in total. The number of halogens is 1. The molecule has 2 aromatic carbocycles. The first-order valence-corrected chi connectivity index (χ1v) is 10.4. The topological polar surface area (TPSA) is 75.7 Å². The van der Waals surface area contributed by atoms with Gasteiger partial charge in [0.05, 0.1) is 11.5 Å². The molecule has 0 bridgehead atoms. The van der Waals surface area contributed by atoms with Gasteiger partial charge in [-0.3, -0.25) is 4.79 Å². The number of benzene rings is 2. The van der Waals surface area contributed by atoms with Crippen LogP contribution >= 0.6 is 0 Å². The van der Waals surface area contributed by atoms with Crippen LogP contribution in [0.15, 0.2) is 53.4 Å². The Kier molecular flexibility index (Phi) is 7.53. The average molecular weight is 408 g/mol. The van der Waals surface area contributed by atoms with Crippen LogP contribution in [0.25, 0.3) is 0 Å². The molecule has 0 spiro atoms. The lowest BCUT2D eigenvalue weighted by molar-refractivity contribution is 0.0951. The van der Waals surface area contributed by atoms with E-state index in [0.29, 0.717) is 13.0 Å². The van der Waals surface area contributed by atoms with Crippen LogP contribution in [0.1, 0.15) is 30.6 Å². The molecule has 2 aromatic rings. The fraction of sp³-hybridized carbons (Fsp3) is 0.350. The molecular formula is C20H25FN2O4S. The SMILES string of the molecule is CC(C)N(C)S(=O)(=O)c1cccc(C(=O)NCCCOc2ccccc2F)c1. The van der Waals surface area contributed by atoms with Gasteiger partial charge >= 0.3 is 0 Å². The van der Waals surface area contributed by atoms with Crippen LogP contribution in [-0.4, -0.2) is 44.9 Å². The van der Waals surface area contributed by atoms with Crippen molar-refractivity contribution < 1.29 is 22.3 Å². The lowest BCUT2D eigenvalue weighted by Gasteiger charge is -2.21. The number of nitrogens with zero attached hydrogens (tertiary/aromatic N) is 1. The lowest BCUT2D eigenvalue weighted by Crippen LogP contribution is -2.33. The summed E-state index contributed by atoms with van der Waals surface area (Å²) in [4.78, 5) is 12.4. The highest BCUT2D eigenvalue weighted by Gasteiger charge is 2.23. The van der Waals surface area contributed by atoms with Gasteiger partial charge in [0, 0.05) is 25.2 Å². The van der Waals surface area contributed by atoms with E-state index in [2.05, 4.69) is 5.32 Å². The highest BCUT2D eigenvalue weighted by atomic mass is 32.2. The summed E-state index contributed by atoms with van der Waals surface area (Å²) >= 11 is 0. The summed E-state index contributed by atoms with van der Waals surface area (Å²) in [5.74, 6) is -0.646. The maximum atomic E-state index is 13.4. The summed E-state index contributed by atoms with van der Waals surface area (Å²) in [7, 11) is -2.16. The third-order valence-electron chi connectivity index (χ3n) is 4.20. The molecule has 0 fully saturated rings. The fourth-order valence-corrected chi connectivity index (χ4v) is 3.78.